The lowest BCUT2D eigenvalue weighted by Gasteiger charge is -2.34. The molecule has 4 aromatic rings. The molecule has 0 aromatic heterocycles. The van der Waals surface area contributed by atoms with Crippen LogP contribution in [0.4, 0.5) is 0 Å². The van der Waals surface area contributed by atoms with Gasteiger partial charge in [0.15, 0.2) is 0 Å². The Morgan fingerprint density at radius 1 is 0.509 bits per heavy atom. The van der Waals surface area contributed by atoms with Gasteiger partial charge in [-0.2, -0.15) is 0 Å². The molecule has 4 atom stereocenters. The van der Waals surface area contributed by atoms with Crippen LogP contribution in [0.15, 0.2) is 110 Å². The number of fused-ring (bicyclic) bond motifs is 5. The van der Waals surface area contributed by atoms with Crippen molar-refractivity contribution < 1.29 is 38.4 Å². The number of carbonyl (C=O) groups is 8. The monoisotopic (exact) mass is 794 g/mol. The summed E-state index contributed by atoms with van der Waals surface area (Å²) in [5, 5.41) is 0. The van der Waals surface area contributed by atoms with Crippen molar-refractivity contribution in [2.24, 2.45) is 11.8 Å². The highest BCUT2D eigenvalue weighted by Gasteiger charge is 2.50. The van der Waals surface area contributed by atoms with Crippen LogP contribution in [0.5, 0.6) is 0 Å². The van der Waals surface area contributed by atoms with E-state index >= 15 is 0 Å². The van der Waals surface area contributed by atoms with Crippen LogP contribution in [0.25, 0.3) is 11.1 Å². The molecule has 57 heavy (non-hydrogen) atoms. The van der Waals surface area contributed by atoms with Crippen LogP contribution in [-0.4, -0.2) is 65.9 Å². The normalized spacial score (nSPS) is 20.9. The number of hydrogen-bond acceptors (Lipinski definition) is 8. The van der Waals surface area contributed by atoms with Gasteiger partial charge in [0, 0.05) is 12.8 Å². The summed E-state index contributed by atoms with van der Waals surface area (Å²) in [7, 11) is -1.68. The highest BCUT2D eigenvalue weighted by Crippen LogP contribution is 2.57. The van der Waals surface area contributed by atoms with E-state index in [0.717, 1.165) is 40.9 Å². The third-order valence-electron chi connectivity index (χ3n) is 11.4. The summed E-state index contributed by atoms with van der Waals surface area (Å²) in [6, 6.07) is 25.5. The number of carbonyl (C=O) groups excluding carboxylic acids is 8. The molecule has 0 spiro atoms. The average Bonchev–Trinajstić information content (AvgIpc) is 3.91. The molecule has 4 aliphatic heterocycles. The molecular weight excluding hydrogens is 762 g/mol. The predicted octanol–water partition coefficient (Wildman–Crippen LogP) is 6.16. The number of amides is 8. The first-order chi connectivity index (χ1) is 27.5. The zero-order valence-corrected chi connectivity index (χ0v) is 32.2. The number of hydrogen-bond donors (Lipinski definition) is 0. The second-order valence-electron chi connectivity index (χ2n) is 14.4. The Bertz CT molecular complexity index is 2430. The van der Waals surface area contributed by atoms with Crippen LogP contribution in [0.1, 0.15) is 89.4 Å². The first-order valence-corrected chi connectivity index (χ1v) is 20.0. The minimum Gasteiger partial charge on any atom is -0.274 e. The highest BCUT2D eigenvalue weighted by atomic mass is 31.1. The van der Waals surface area contributed by atoms with Gasteiger partial charge in [0.05, 0.1) is 39.5 Å². The summed E-state index contributed by atoms with van der Waals surface area (Å²) in [6.07, 6.45) is 3.68. The minimum atomic E-state index is -1.16. The fraction of sp³-hybridized carbons (Fsp3) is 0.163. The summed E-state index contributed by atoms with van der Waals surface area (Å²) in [5.74, 6) is -5.54. The molecule has 9 rings (SSSR count). The van der Waals surface area contributed by atoms with E-state index in [2.05, 4.69) is 13.2 Å². The largest absolute Gasteiger partial charge is 0.274 e. The maximum Gasteiger partial charge on any atom is 0.266 e. The first-order valence-electron chi connectivity index (χ1n) is 18.2. The summed E-state index contributed by atoms with van der Waals surface area (Å²) >= 11 is 0. The molecule has 0 radical (unpaired) electrons. The number of rotatable bonds is 10. The van der Waals surface area contributed by atoms with Gasteiger partial charge < -0.3 is 0 Å². The number of imide groups is 4. The van der Waals surface area contributed by atoms with Gasteiger partial charge in [0.1, 0.15) is 17.8 Å². The lowest BCUT2D eigenvalue weighted by molar-refractivity contribution is -0.134. The van der Waals surface area contributed by atoms with Gasteiger partial charge in [-0.15, -0.1) is 13.2 Å². The molecule has 12 nitrogen and oxygen atoms in total. The van der Waals surface area contributed by atoms with E-state index in [1.54, 1.807) is 48.6 Å². The Hall–Kier alpha value is -6.22. The fourth-order valence-electron chi connectivity index (χ4n) is 8.72. The minimum absolute atomic E-state index is 0.0235. The van der Waals surface area contributed by atoms with Crippen LogP contribution in [0.3, 0.4) is 0 Å². The van der Waals surface area contributed by atoms with E-state index in [9.17, 15) is 38.4 Å². The lowest BCUT2D eigenvalue weighted by atomic mass is 9.67. The number of benzene rings is 4. The molecule has 4 unspecified atom stereocenters. The Kier molecular flexibility index (Phi) is 8.61. The maximum absolute atomic E-state index is 14.1. The summed E-state index contributed by atoms with van der Waals surface area (Å²) < 4.78 is 3.83. The molecule has 0 saturated carbocycles. The van der Waals surface area contributed by atoms with Gasteiger partial charge in [-0.25, -0.2) is 18.7 Å². The van der Waals surface area contributed by atoms with Crippen molar-refractivity contribution in [3.8, 4) is 11.1 Å². The first kappa shape index (κ1) is 36.4. The molecule has 282 valence electrons. The molecule has 0 bridgehead atoms. The molecule has 2 saturated heterocycles. The zero-order valence-electron chi connectivity index (χ0n) is 30.2. The summed E-state index contributed by atoms with van der Waals surface area (Å²) in [5.41, 5.74) is 3.97. The molecule has 1 aliphatic carbocycles. The van der Waals surface area contributed by atoms with Crippen molar-refractivity contribution in [1.82, 2.24) is 18.7 Å². The van der Waals surface area contributed by atoms with Crippen LogP contribution >= 0.6 is 17.8 Å². The van der Waals surface area contributed by atoms with Crippen molar-refractivity contribution in [3.05, 3.63) is 155 Å². The standard InChI is InChI=1S/C43H32N4O8P2/c1-3-9-23-19-35(48)44(37(23)50)56-46-39(52)29-17-15-25(21-31(29)41(46)54)43(33-13-7-5-11-27(33)28-12-6-8-14-34(28)43)26-16-18-30-32(22-26)42(55)47(40(30)53)57-45-36(49)20-24(10-4-2)38(45)51/h3-8,11-18,21-24,56-57H,1-2,9-10,19-20H2. The van der Waals surface area contributed by atoms with Gasteiger partial charge in [-0.3, -0.25) is 38.4 Å². The quantitative estimate of drug-likeness (QED) is 0.0928. The zero-order chi connectivity index (χ0) is 39.9. The van der Waals surface area contributed by atoms with E-state index in [4.69, 9.17) is 0 Å². The second-order valence-corrected chi connectivity index (χ2v) is 16.6. The van der Waals surface area contributed by atoms with E-state index < -0.39 is 82.3 Å². The molecule has 4 aromatic carbocycles. The Morgan fingerprint density at radius 2 is 0.895 bits per heavy atom. The van der Waals surface area contributed by atoms with E-state index in [0.29, 0.717) is 24.0 Å². The van der Waals surface area contributed by atoms with Crippen molar-refractivity contribution in [3.63, 3.8) is 0 Å². The fourth-order valence-corrected chi connectivity index (χ4v) is 10.9. The molecule has 5 aliphatic rings. The van der Waals surface area contributed by atoms with Gasteiger partial charge in [0.25, 0.3) is 23.6 Å². The lowest BCUT2D eigenvalue weighted by Crippen LogP contribution is -2.31. The predicted molar refractivity (Wildman–Crippen MR) is 211 cm³/mol. The maximum atomic E-state index is 14.1. The molecular formula is C43H32N4O8P2. The smallest absolute Gasteiger partial charge is 0.266 e. The van der Waals surface area contributed by atoms with E-state index in [1.807, 2.05) is 48.5 Å². The highest BCUT2D eigenvalue weighted by molar-refractivity contribution is 7.37. The van der Waals surface area contributed by atoms with Crippen molar-refractivity contribution >= 4 is 65.0 Å². The molecule has 0 N–H and O–H groups in total. The number of nitrogens with zero attached hydrogens (tertiary/aromatic N) is 4. The molecule has 14 heteroatoms. The van der Waals surface area contributed by atoms with Gasteiger partial charge in [0.2, 0.25) is 23.6 Å². The third-order valence-corrected chi connectivity index (χ3v) is 13.9. The van der Waals surface area contributed by atoms with E-state index in [1.165, 1.54) is 0 Å². The van der Waals surface area contributed by atoms with Crippen molar-refractivity contribution in [1.29, 1.82) is 0 Å². The summed E-state index contributed by atoms with van der Waals surface area (Å²) in [6.45, 7) is 7.32. The van der Waals surface area contributed by atoms with Gasteiger partial charge in [-0.05, 0) is 70.5 Å². The Labute approximate surface area is 330 Å². The molecule has 2 fully saturated rings. The van der Waals surface area contributed by atoms with Gasteiger partial charge in [-0.1, -0.05) is 72.8 Å². The average molecular weight is 795 g/mol. The van der Waals surface area contributed by atoms with Crippen LogP contribution in [-0.2, 0) is 24.6 Å². The Morgan fingerprint density at radius 3 is 1.30 bits per heavy atom. The molecule has 4 heterocycles. The SMILES string of the molecule is C=CCC1CC(=O)N(PN2C(=O)c3ccc(C4(c5ccc6c(c5)C(=O)N(PN5C(=O)CC(CC=C)C5=O)C6=O)c5ccccc5-c5ccccc54)cc3C2=O)C1=O. The third kappa shape index (κ3) is 5.20. The van der Waals surface area contributed by atoms with E-state index in [-0.39, 0.29) is 35.1 Å². The van der Waals surface area contributed by atoms with Crippen molar-refractivity contribution in [2.45, 2.75) is 31.1 Å². The van der Waals surface area contributed by atoms with Crippen LogP contribution in [0, 0.1) is 11.8 Å². The topological polar surface area (TPSA) is 150 Å². The van der Waals surface area contributed by atoms with Crippen LogP contribution < -0.4 is 0 Å². The van der Waals surface area contributed by atoms with Gasteiger partial charge >= 0.3 is 0 Å². The number of allylic oxidation sites excluding steroid dienone is 2. The molecule has 8 amide bonds. The Balaban J connectivity index is 1.14. The summed E-state index contributed by atoms with van der Waals surface area (Å²) in [4.78, 5) is 108. The second kappa shape index (κ2) is 13.5. The van der Waals surface area contributed by atoms with Crippen molar-refractivity contribution in [2.75, 3.05) is 0 Å². The van der Waals surface area contributed by atoms with Crippen LogP contribution in [0.2, 0.25) is 0 Å².